The predicted octanol–water partition coefficient (Wildman–Crippen LogP) is 4.48. The third kappa shape index (κ3) is 8.56. The van der Waals surface area contributed by atoms with Gasteiger partial charge in [-0.1, -0.05) is 27.7 Å². The van der Waals surface area contributed by atoms with E-state index in [0.29, 0.717) is 51.4 Å². The van der Waals surface area contributed by atoms with Gasteiger partial charge >= 0.3 is 35.8 Å². The molecule has 24 atom stereocenters. The molecule has 4 aliphatic carbocycles. The van der Waals surface area contributed by atoms with E-state index in [1.807, 2.05) is 0 Å². The summed E-state index contributed by atoms with van der Waals surface area (Å²) >= 11 is 0. The van der Waals surface area contributed by atoms with Gasteiger partial charge in [0.2, 0.25) is 0 Å². The topological polar surface area (TPSA) is 247 Å². The average Bonchev–Trinajstić information content (AvgIpc) is 4.13. The third-order valence-corrected chi connectivity index (χ3v) is 20.5. The fourth-order valence-corrected chi connectivity index (χ4v) is 17.1. The number of rotatable bonds is 14. The molecule has 0 aromatic carbocycles. The fraction of sp³-hybridized carbons (Fsp3) is 0.889. The van der Waals surface area contributed by atoms with Gasteiger partial charge in [-0.05, 0) is 37.5 Å². The molecule has 420 valence electrons. The molecule has 75 heavy (non-hydrogen) atoms. The molecule has 0 radical (unpaired) electrons. The van der Waals surface area contributed by atoms with Crippen LogP contribution in [-0.2, 0) is 99.8 Å². The van der Waals surface area contributed by atoms with Crippen LogP contribution in [0, 0.1) is 57.2 Å². The highest BCUT2D eigenvalue weighted by Gasteiger charge is 2.84. The van der Waals surface area contributed by atoms with E-state index in [9.17, 15) is 28.8 Å². The molecule has 2 spiro atoms. The van der Waals surface area contributed by atoms with Gasteiger partial charge in [0.25, 0.3) is 0 Å². The monoisotopic (exact) mass is 1060 g/mol. The van der Waals surface area contributed by atoms with Gasteiger partial charge < -0.3 is 71.1 Å². The maximum atomic E-state index is 12.9. The molecule has 0 aromatic heterocycles. The average molecular weight is 1060 g/mol. The Bertz CT molecular complexity index is 2070. The van der Waals surface area contributed by atoms with E-state index in [1.54, 1.807) is 14.2 Å². The van der Waals surface area contributed by atoms with E-state index in [0.717, 1.165) is 0 Å². The highest BCUT2D eigenvalue weighted by Crippen LogP contribution is 2.73. The smallest absolute Gasteiger partial charge is 0.303 e. The van der Waals surface area contributed by atoms with Crippen LogP contribution in [0.4, 0.5) is 0 Å². The van der Waals surface area contributed by atoms with Crippen LogP contribution >= 0.6 is 0 Å². The molecule has 10 aliphatic rings. The summed E-state index contributed by atoms with van der Waals surface area (Å²) < 4.78 is 95.4. The van der Waals surface area contributed by atoms with Crippen molar-refractivity contribution in [3.05, 3.63) is 0 Å². The van der Waals surface area contributed by atoms with Crippen molar-refractivity contribution in [3.63, 3.8) is 0 Å². The minimum atomic E-state index is -1.17. The molecule has 21 nitrogen and oxygen atoms in total. The van der Waals surface area contributed by atoms with Crippen LogP contribution in [0.5, 0.6) is 0 Å². The Morgan fingerprint density at radius 1 is 0.467 bits per heavy atom. The second-order valence-corrected chi connectivity index (χ2v) is 24.1. The van der Waals surface area contributed by atoms with Gasteiger partial charge in [0.15, 0.2) is 25.2 Å². The molecular weight excluding hydrogens is 985 g/mol. The Kier molecular flexibility index (Phi) is 14.4. The Morgan fingerprint density at radius 2 is 0.813 bits per heavy atom. The molecule has 0 amide bonds. The number of hydrogen-bond donors (Lipinski definition) is 0. The summed E-state index contributed by atoms with van der Waals surface area (Å²) in [7, 11) is 3.23. The minimum Gasteiger partial charge on any atom is -0.465 e. The number of hydrogen-bond acceptors (Lipinski definition) is 21. The van der Waals surface area contributed by atoms with Crippen molar-refractivity contribution in [2.24, 2.45) is 57.2 Å². The van der Waals surface area contributed by atoms with Gasteiger partial charge in [-0.2, -0.15) is 0 Å². The normalized spacial score (nSPS) is 49.9. The third-order valence-electron chi connectivity index (χ3n) is 20.5. The molecule has 4 saturated carbocycles. The molecule has 10 fully saturated rings. The summed E-state index contributed by atoms with van der Waals surface area (Å²) in [4.78, 5) is 76.3. The molecule has 6 aliphatic heterocycles. The fourth-order valence-electron chi connectivity index (χ4n) is 17.1. The lowest BCUT2D eigenvalue weighted by atomic mass is 9.41. The van der Waals surface area contributed by atoms with Crippen molar-refractivity contribution in [1.82, 2.24) is 0 Å². The van der Waals surface area contributed by atoms with Crippen LogP contribution in [-0.4, -0.2) is 162 Å². The summed E-state index contributed by atoms with van der Waals surface area (Å²) in [5, 5.41) is 0. The van der Waals surface area contributed by atoms with Crippen LogP contribution < -0.4 is 0 Å². The van der Waals surface area contributed by atoms with Crippen molar-refractivity contribution < 1.29 is 99.8 Å². The van der Waals surface area contributed by atoms with Crippen LogP contribution in [0.1, 0.15) is 121 Å². The first-order chi connectivity index (χ1) is 35.4. The van der Waals surface area contributed by atoms with Crippen molar-refractivity contribution in [3.8, 4) is 0 Å². The summed E-state index contributed by atoms with van der Waals surface area (Å²) in [6.45, 7) is 16.8. The van der Waals surface area contributed by atoms with Gasteiger partial charge in [0.1, 0.15) is 48.8 Å². The summed E-state index contributed by atoms with van der Waals surface area (Å²) in [6.07, 6.45) is -3.55. The van der Waals surface area contributed by atoms with E-state index in [4.69, 9.17) is 71.1 Å². The van der Waals surface area contributed by atoms with Gasteiger partial charge in [0.05, 0.1) is 48.5 Å². The molecular formula is C54H78O21. The van der Waals surface area contributed by atoms with Crippen molar-refractivity contribution in [1.29, 1.82) is 0 Å². The maximum absolute atomic E-state index is 12.9. The highest BCUT2D eigenvalue weighted by atomic mass is 16.8. The van der Waals surface area contributed by atoms with Crippen LogP contribution in [0.15, 0.2) is 0 Å². The standard InChI is InChI=1S/C54H78O21/c1-25-13-39(67-29(5)57)51(21-63-27(3)55)45(35(61-11)19-41(69-31(7)59)53(51)23-65-53)49(25,9)37-15-33-17-43(74-47(33)71-37)73-44-18-34-16-38(72-48(34)75-44)50(10)26(2)14-40(68-30(6)58)52(22-64-28(4)56)46(50)36(62-12)20-42(70-32(8)60)54(52)24-66-54/h25-26,33-48H,13-24H2,1-12H3/t25-,26-,33+,34+,35?,36?,37+,38+,39+,40+,41+,42+,43-,44+,45-,46-,47-,48-,49-,50-,51-,52-,53-,54-/m1/s1. The van der Waals surface area contributed by atoms with Crippen molar-refractivity contribution >= 4 is 35.8 Å². The number of carbonyl (C=O) groups excluding carboxylic acids is 6. The molecule has 6 heterocycles. The largest absolute Gasteiger partial charge is 0.465 e. The minimum absolute atomic E-state index is 0.0386. The van der Waals surface area contributed by atoms with Crippen LogP contribution in [0.2, 0.25) is 0 Å². The summed E-state index contributed by atoms with van der Waals surface area (Å²) in [5.74, 6) is -4.17. The highest BCUT2D eigenvalue weighted by molar-refractivity contribution is 5.69. The van der Waals surface area contributed by atoms with E-state index in [2.05, 4.69) is 27.7 Å². The zero-order valence-electron chi connectivity index (χ0n) is 45.5. The van der Waals surface area contributed by atoms with Crippen LogP contribution in [0.3, 0.4) is 0 Å². The van der Waals surface area contributed by atoms with E-state index in [1.165, 1.54) is 41.5 Å². The van der Waals surface area contributed by atoms with Crippen LogP contribution in [0.25, 0.3) is 0 Å². The number of esters is 6. The number of epoxide rings is 2. The zero-order chi connectivity index (χ0) is 53.9. The van der Waals surface area contributed by atoms with Gasteiger partial charge in [0, 0.05) is 116 Å². The SMILES string of the molecule is COC1C[C@H](OC(C)=O)[C@]2(CO2)[C@]2(COC(C)=O)[C@@H](OC(C)=O)C[C@@H](C)[C@](C)([C@@H]3C[C@H]4C[C@H](O[C@@H]5C[C@@H]6C[C@@H]([C@@]7(C)[C@H](C)C[C@H](OC(C)=O)[C@]8(COC(C)=O)[C@@H]7C(OC)C[C@H](OC(C)=O)[C@]87CO7)O[C@@H]6O5)O[C@H]4O3)[C@@H]12. The lowest BCUT2D eigenvalue weighted by Crippen LogP contribution is -2.75. The van der Waals surface area contributed by atoms with E-state index >= 15 is 0 Å². The molecule has 0 aromatic rings. The summed E-state index contributed by atoms with van der Waals surface area (Å²) in [5.41, 5.74) is -5.93. The number of fused-ring (bicyclic) bond motifs is 6. The number of methoxy groups -OCH3 is 2. The Labute approximate surface area is 438 Å². The number of ether oxygens (including phenoxy) is 15. The Hall–Kier alpha value is -3.54. The molecule has 10 rings (SSSR count). The lowest BCUT2D eigenvalue weighted by molar-refractivity contribution is -0.314. The lowest BCUT2D eigenvalue weighted by Gasteiger charge is -2.66. The molecule has 6 saturated heterocycles. The van der Waals surface area contributed by atoms with Gasteiger partial charge in [-0.3, -0.25) is 28.8 Å². The second-order valence-electron chi connectivity index (χ2n) is 24.1. The van der Waals surface area contributed by atoms with Gasteiger partial charge in [-0.15, -0.1) is 0 Å². The molecule has 2 unspecified atom stereocenters. The number of carbonyl (C=O) groups is 6. The predicted molar refractivity (Wildman–Crippen MR) is 253 cm³/mol. The van der Waals surface area contributed by atoms with Crippen molar-refractivity contribution in [2.45, 2.75) is 206 Å². The zero-order valence-corrected chi connectivity index (χ0v) is 45.5. The Balaban J connectivity index is 0.847. The van der Waals surface area contributed by atoms with Gasteiger partial charge in [-0.25, -0.2) is 0 Å². The van der Waals surface area contributed by atoms with Crippen molar-refractivity contribution in [2.75, 3.05) is 40.6 Å². The molecule has 0 N–H and O–H groups in total. The quantitative estimate of drug-likeness (QED) is 0.132. The first-order valence-electron chi connectivity index (χ1n) is 27.0. The molecule has 0 bridgehead atoms. The summed E-state index contributed by atoms with van der Waals surface area (Å²) in [6, 6.07) is 0. The first kappa shape index (κ1) is 54.8. The Morgan fingerprint density at radius 3 is 1.11 bits per heavy atom. The molecule has 21 heteroatoms. The maximum Gasteiger partial charge on any atom is 0.303 e. The van der Waals surface area contributed by atoms with E-state index < -0.39 is 142 Å². The first-order valence-corrected chi connectivity index (χ1v) is 27.0. The second kappa shape index (κ2) is 19.7. The van der Waals surface area contributed by atoms with E-state index in [-0.39, 0.29) is 62.3 Å².